The number of para-hydroxylation sites is 3. The number of nitrogens with zero attached hydrogens (tertiary/aromatic N) is 3. The molecular weight excluding hydrogens is 1080 g/mol. The molecule has 0 fully saturated rings. The summed E-state index contributed by atoms with van der Waals surface area (Å²) in [5.41, 5.74) is 2.30. The van der Waals surface area contributed by atoms with Gasteiger partial charge in [-0.1, -0.05) is 75.2 Å². The molecule has 0 amide bonds. The van der Waals surface area contributed by atoms with E-state index in [0.29, 0.717) is 54.5 Å². The van der Waals surface area contributed by atoms with Crippen LogP contribution in [0.25, 0.3) is 10.8 Å². The summed E-state index contributed by atoms with van der Waals surface area (Å²) < 4.78 is 102. The Labute approximate surface area is 503 Å². The van der Waals surface area contributed by atoms with Gasteiger partial charge >= 0.3 is 113 Å². The van der Waals surface area contributed by atoms with Gasteiger partial charge in [-0.2, -0.15) is 26.3 Å². The molecule has 6 aromatic rings. The molecule has 0 saturated carbocycles. The normalized spacial score (nSPS) is 9.83. The van der Waals surface area contributed by atoms with Crippen LogP contribution in [0.3, 0.4) is 0 Å². The van der Waals surface area contributed by atoms with Gasteiger partial charge in [0, 0.05) is 10.8 Å². The first-order valence-corrected chi connectivity index (χ1v) is 21.9. The Morgan fingerprint density at radius 2 is 1.25 bits per heavy atom. The second-order valence-electron chi connectivity index (χ2n) is 12.2. The van der Waals surface area contributed by atoms with Crippen molar-refractivity contribution in [3.05, 3.63) is 147 Å². The first-order chi connectivity index (χ1) is 33.8. The number of nitrogens with two attached hydrogens (primary N) is 1. The Hall–Kier alpha value is -4.84. The van der Waals surface area contributed by atoms with Gasteiger partial charge in [0.1, 0.15) is 17.2 Å². The van der Waals surface area contributed by atoms with Gasteiger partial charge in [0.15, 0.2) is 45.4 Å². The van der Waals surface area contributed by atoms with Crippen LogP contribution < -0.4 is 124 Å². The van der Waals surface area contributed by atoms with Gasteiger partial charge in [0.25, 0.3) is 12.0 Å². The number of carbonyl (C=O) groups excluding carboxylic acids is 3. The zero-order valence-corrected chi connectivity index (χ0v) is 48.6. The zero-order chi connectivity index (χ0) is 53.2. The standard InChI is InChI=1S/C14H8F3N3O2S.C11H12O4.C10H12O3.C5H4F3N3S.C3H6O2.C2H5O.CH4.3Na.H/c15-14(16,17)10-7-23-13(19-10)11-18-6-9(12(21)20-11)22-8-4-2-1-3-5-8;1-2-14-11(13)10(8-12)15-9-6-4-3-5-7-9;1-2-12-10(11)8-13-9-6-4-3-5-7-9;6-5(7,8)2-1-12-4(11-2)3(9)10;1-2-5-3-4;1-2-3;;;;;/h1-7H,(H,18,20,21);3-8,12H,2H2,1H3;3-7H,2,8H2,1H3;1H,(H3,9,10);3H,2H2,1H3;2H2,1H3;1H4;;;;/q;;;;;-1;;3*+1;-1/p-1/b;10-8+;;;;;;;;;. The summed E-state index contributed by atoms with van der Waals surface area (Å²) in [6, 6.07) is 26.3. The van der Waals surface area contributed by atoms with Crippen LogP contribution in [-0.2, 0) is 40.9 Å². The van der Waals surface area contributed by atoms with Crippen LogP contribution in [0.15, 0.2) is 125 Å². The van der Waals surface area contributed by atoms with Gasteiger partial charge < -0.3 is 50.8 Å². The topological polar surface area (TPSA) is 274 Å². The zero-order valence-electron chi connectivity index (χ0n) is 42.0. The van der Waals surface area contributed by atoms with E-state index in [1.54, 1.807) is 100 Å². The second-order valence-corrected chi connectivity index (χ2v) is 13.9. The molecule has 0 bridgehead atoms. The third-order valence-electron chi connectivity index (χ3n) is 6.95. The molecule has 18 nitrogen and oxygen atoms in total. The van der Waals surface area contributed by atoms with E-state index in [1.807, 2.05) is 18.2 Å². The molecule has 75 heavy (non-hydrogen) atoms. The predicted molar refractivity (Wildman–Crippen MR) is 252 cm³/mol. The number of nitrogen functional groups attached to an aromatic ring is 1. The number of carbonyl (C=O) groups is 3. The van der Waals surface area contributed by atoms with Crippen molar-refractivity contribution in [1.82, 2.24) is 19.9 Å². The molecule has 0 radical (unpaired) electrons. The van der Waals surface area contributed by atoms with E-state index in [-0.39, 0.29) is 151 Å². The van der Waals surface area contributed by atoms with Crippen LogP contribution in [0.4, 0.5) is 26.3 Å². The van der Waals surface area contributed by atoms with Crippen LogP contribution in [0.1, 0.15) is 52.9 Å². The van der Waals surface area contributed by atoms with Crippen LogP contribution in [0.2, 0.25) is 0 Å². The molecule has 0 atom stereocenters. The number of esters is 2. The van der Waals surface area contributed by atoms with Crippen molar-refractivity contribution >= 4 is 46.9 Å². The molecule has 0 aliphatic rings. The average molecular weight is 1130 g/mol. The van der Waals surface area contributed by atoms with E-state index in [1.165, 1.54) is 0 Å². The maximum absolute atomic E-state index is 12.5. The number of aromatic nitrogens is 4. The van der Waals surface area contributed by atoms with Crippen LogP contribution in [0.5, 0.6) is 23.0 Å². The molecule has 0 saturated heterocycles. The van der Waals surface area contributed by atoms with Crippen molar-refractivity contribution in [3.63, 3.8) is 0 Å². The van der Waals surface area contributed by atoms with Gasteiger partial charge in [0.05, 0.1) is 26.0 Å². The molecule has 394 valence electrons. The number of rotatable bonds is 14. The number of hydrogen-bond acceptors (Lipinski definition) is 18. The van der Waals surface area contributed by atoms with E-state index < -0.39 is 41.1 Å². The molecule has 0 unspecified atom stereocenters. The molecule has 0 aliphatic heterocycles. The Morgan fingerprint density at radius 3 is 1.64 bits per heavy atom. The number of benzene rings is 3. The number of thiazole rings is 2. The Morgan fingerprint density at radius 1 is 0.773 bits per heavy atom. The number of amidine groups is 1. The fraction of sp³-hybridized carbons (Fsp3) is 0.261. The fourth-order valence-corrected chi connectivity index (χ4v) is 5.55. The van der Waals surface area contributed by atoms with Crippen molar-refractivity contribution in [2.45, 2.75) is 47.5 Å². The summed E-state index contributed by atoms with van der Waals surface area (Å²) in [6.07, 6.45) is -7.50. The minimum absolute atomic E-state index is 0. The molecule has 6 rings (SSSR count). The number of nitrogens with one attached hydrogen (secondary N) is 2. The molecule has 0 spiro atoms. The van der Waals surface area contributed by atoms with Crippen LogP contribution in [0, 0.1) is 5.41 Å². The molecule has 3 aromatic heterocycles. The van der Waals surface area contributed by atoms with Crippen molar-refractivity contribution in [2.75, 3.05) is 33.0 Å². The van der Waals surface area contributed by atoms with Crippen molar-refractivity contribution in [3.8, 4) is 33.8 Å². The first-order valence-electron chi connectivity index (χ1n) is 20.2. The minimum Gasteiger partial charge on any atom is -1.00 e. The Bertz CT molecular complexity index is 2570. The summed E-state index contributed by atoms with van der Waals surface area (Å²) in [5.74, 6) is -0.450. The van der Waals surface area contributed by atoms with Crippen LogP contribution in [-0.4, -0.2) is 77.2 Å². The summed E-state index contributed by atoms with van der Waals surface area (Å²) in [5, 5.41) is 27.9. The van der Waals surface area contributed by atoms with Crippen molar-refractivity contribution in [2.24, 2.45) is 5.73 Å². The number of ether oxygens (including phenoxy) is 6. The summed E-state index contributed by atoms with van der Waals surface area (Å²) in [6.45, 7) is 8.21. The van der Waals surface area contributed by atoms with E-state index in [2.05, 4.69) is 29.4 Å². The smallest absolute Gasteiger partial charge is 1.00 e. The van der Waals surface area contributed by atoms with Crippen molar-refractivity contribution in [1.29, 1.82) is 5.41 Å². The quantitative estimate of drug-likeness (QED) is 0.0135. The van der Waals surface area contributed by atoms with Gasteiger partial charge in [-0.3, -0.25) is 15.0 Å². The van der Waals surface area contributed by atoms with E-state index >= 15 is 0 Å². The third kappa shape index (κ3) is 33.0. The van der Waals surface area contributed by atoms with E-state index in [0.717, 1.165) is 28.3 Å². The maximum atomic E-state index is 12.5. The number of H-pyrrole nitrogens is 1. The van der Waals surface area contributed by atoms with E-state index in [9.17, 15) is 50.6 Å². The minimum atomic E-state index is -4.54. The Kier molecular flexibility index (Phi) is 44.2. The SMILES string of the molecule is C.CCOC(=O)/C(=C\[O-])Oc1ccccc1.CCOC(=O)COc1ccccc1.CCOC=O.CC[O-].N=C(N)c1nc(C(F)(F)F)cs1.O=c1[nH]c(-c2nc(C(F)(F)F)cs2)ncc1Oc1ccccc1.[H-].[Na+].[Na+].[Na+]. The number of hydrogen-bond donors (Lipinski definition) is 3. The first kappa shape index (κ1) is 76.7. The van der Waals surface area contributed by atoms with Gasteiger partial charge in [-0.25, -0.2) is 24.5 Å². The van der Waals surface area contributed by atoms with Gasteiger partial charge in [-0.05, 0) is 57.2 Å². The predicted octanol–water partition coefficient (Wildman–Crippen LogP) is -1.08. The van der Waals surface area contributed by atoms with Crippen LogP contribution >= 0.6 is 22.7 Å². The van der Waals surface area contributed by atoms with Gasteiger partial charge in [0.2, 0.25) is 5.75 Å². The number of alkyl halides is 6. The van der Waals surface area contributed by atoms with Gasteiger partial charge in [-0.15, -0.1) is 29.3 Å². The Balaban J connectivity index is -0.000000283. The summed E-state index contributed by atoms with van der Waals surface area (Å²) in [4.78, 5) is 56.0. The summed E-state index contributed by atoms with van der Waals surface area (Å²) >= 11 is 1.45. The van der Waals surface area contributed by atoms with Crippen molar-refractivity contribution < 1.29 is 169 Å². The molecule has 3 aromatic carbocycles. The molecule has 3 heterocycles. The number of aromatic amines is 1. The maximum Gasteiger partial charge on any atom is 1.00 e. The average Bonchev–Trinajstić information content (AvgIpc) is 4.07. The largest absolute Gasteiger partial charge is 1.00 e. The fourth-order valence-electron chi connectivity index (χ4n) is 4.08. The monoisotopic (exact) mass is 1130 g/mol. The molecule has 0 aliphatic carbocycles. The summed E-state index contributed by atoms with van der Waals surface area (Å²) in [7, 11) is 0. The van der Waals surface area contributed by atoms with E-state index in [4.69, 9.17) is 35.2 Å². The molecule has 4 N–H and O–H groups in total. The third-order valence-corrected chi connectivity index (χ3v) is 8.68. The molecular formula is C46H51F6N6Na3O12S2. The number of halogens is 6. The molecule has 29 heteroatoms. The second kappa shape index (κ2) is 43.3.